The number of amides is 1. The van der Waals surface area contributed by atoms with Crippen molar-refractivity contribution in [1.29, 1.82) is 0 Å². The standard InChI is InChI=1S/C15H20N2O2/c1-11(18)13-6-8-17(9-7-13)15(19)10-12-2-4-14(16)5-3-12/h2-5,13H,6-10,16H2,1H3. The summed E-state index contributed by atoms with van der Waals surface area (Å²) in [6, 6.07) is 7.39. The first kappa shape index (κ1) is 13.6. The van der Waals surface area contributed by atoms with Crippen LogP contribution >= 0.6 is 0 Å². The molecule has 1 aromatic carbocycles. The van der Waals surface area contributed by atoms with Gasteiger partial charge in [0.2, 0.25) is 5.91 Å². The average molecular weight is 260 g/mol. The maximum atomic E-state index is 12.1. The van der Waals surface area contributed by atoms with Crippen LogP contribution in [0.5, 0.6) is 0 Å². The van der Waals surface area contributed by atoms with Crippen LogP contribution in [0.2, 0.25) is 0 Å². The fourth-order valence-corrected chi connectivity index (χ4v) is 2.46. The minimum atomic E-state index is 0.131. The molecule has 1 saturated heterocycles. The molecule has 0 spiro atoms. The highest BCUT2D eigenvalue weighted by atomic mass is 16.2. The van der Waals surface area contributed by atoms with Gasteiger partial charge in [-0.05, 0) is 37.5 Å². The van der Waals surface area contributed by atoms with Gasteiger partial charge < -0.3 is 10.6 Å². The molecule has 4 nitrogen and oxygen atoms in total. The summed E-state index contributed by atoms with van der Waals surface area (Å²) in [5.41, 5.74) is 7.30. The van der Waals surface area contributed by atoms with E-state index in [1.165, 1.54) is 0 Å². The molecule has 0 unspecified atom stereocenters. The van der Waals surface area contributed by atoms with E-state index in [1.807, 2.05) is 29.2 Å². The Morgan fingerprint density at radius 2 is 1.79 bits per heavy atom. The average Bonchev–Trinajstić information content (AvgIpc) is 2.41. The number of rotatable bonds is 3. The molecule has 0 aliphatic carbocycles. The van der Waals surface area contributed by atoms with E-state index in [4.69, 9.17) is 5.73 Å². The molecule has 2 rings (SSSR count). The third-order valence-electron chi connectivity index (χ3n) is 3.76. The zero-order valence-electron chi connectivity index (χ0n) is 11.3. The second kappa shape index (κ2) is 5.87. The van der Waals surface area contributed by atoms with Gasteiger partial charge >= 0.3 is 0 Å². The van der Waals surface area contributed by atoms with Crippen molar-refractivity contribution in [3.05, 3.63) is 29.8 Å². The van der Waals surface area contributed by atoms with Crippen LogP contribution in [0, 0.1) is 5.92 Å². The first-order valence-corrected chi connectivity index (χ1v) is 6.69. The number of hydrogen-bond donors (Lipinski definition) is 1. The number of Topliss-reactive ketones (excluding diaryl/α,β-unsaturated/α-hetero) is 1. The lowest BCUT2D eigenvalue weighted by molar-refractivity contribution is -0.134. The van der Waals surface area contributed by atoms with Gasteiger partial charge in [-0.15, -0.1) is 0 Å². The molecule has 2 N–H and O–H groups in total. The lowest BCUT2D eigenvalue weighted by Crippen LogP contribution is -2.40. The van der Waals surface area contributed by atoms with Gasteiger partial charge in [0.25, 0.3) is 0 Å². The van der Waals surface area contributed by atoms with Crippen molar-refractivity contribution in [2.75, 3.05) is 18.8 Å². The van der Waals surface area contributed by atoms with Gasteiger partial charge in [0.1, 0.15) is 5.78 Å². The fraction of sp³-hybridized carbons (Fsp3) is 0.467. The van der Waals surface area contributed by atoms with Crippen molar-refractivity contribution in [1.82, 2.24) is 4.90 Å². The van der Waals surface area contributed by atoms with Crippen molar-refractivity contribution < 1.29 is 9.59 Å². The summed E-state index contributed by atoms with van der Waals surface area (Å²) in [4.78, 5) is 25.3. The number of anilines is 1. The molecule has 1 heterocycles. The molecule has 1 aromatic rings. The number of likely N-dealkylation sites (tertiary alicyclic amines) is 1. The summed E-state index contributed by atoms with van der Waals surface area (Å²) >= 11 is 0. The van der Waals surface area contributed by atoms with Crippen LogP contribution in [0.15, 0.2) is 24.3 Å². The molecule has 1 aliphatic rings. The molecule has 0 atom stereocenters. The number of piperidine rings is 1. The highest BCUT2D eigenvalue weighted by molar-refractivity contribution is 5.81. The summed E-state index contributed by atoms with van der Waals surface area (Å²) in [6.45, 7) is 3.02. The van der Waals surface area contributed by atoms with Crippen molar-refractivity contribution in [3.63, 3.8) is 0 Å². The molecule has 4 heteroatoms. The second-order valence-electron chi connectivity index (χ2n) is 5.18. The van der Waals surface area contributed by atoms with Gasteiger partial charge in [-0.25, -0.2) is 0 Å². The van der Waals surface area contributed by atoms with E-state index in [-0.39, 0.29) is 17.6 Å². The number of hydrogen-bond acceptors (Lipinski definition) is 3. The molecule has 0 bridgehead atoms. The van der Waals surface area contributed by atoms with Crippen LogP contribution in [0.3, 0.4) is 0 Å². The molecular formula is C15H20N2O2. The Morgan fingerprint density at radius 3 is 2.32 bits per heavy atom. The van der Waals surface area contributed by atoms with Crippen LogP contribution in [0.1, 0.15) is 25.3 Å². The maximum Gasteiger partial charge on any atom is 0.226 e. The highest BCUT2D eigenvalue weighted by Gasteiger charge is 2.24. The Morgan fingerprint density at radius 1 is 1.21 bits per heavy atom. The molecule has 1 fully saturated rings. The largest absolute Gasteiger partial charge is 0.399 e. The van der Waals surface area contributed by atoms with Gasteiger partial charge in [-0.3, -0.25) is 9.59 Å². The third kappa shape index (κ3) is 3.56. The van der Waals surface area contributed by atoms with Crippen molar-refractivity contribution in [3.8, 4) is 0 Å². The quantitative estimate of drug-likeness (QED) is 0.840. The Labute approximate surface area is 113 Å². The summed E-state index contributed by atoms with van der Waals surface area (Å²) in [5.74, 6) is 0.512. The van der Waals surface area contributed by atoms with E-state index in [2.05, 4.69) is 0 Å². The van der Waals surface area contributed by atoms with E-state index in [0.29, 0.717) is 25.2 Å². The fourth-order valence-electron chi connectivity index (χ4n) is 2.46. The van der Waals surface area contributed by atoms with Crippen LogP contribution in [-0.4, -0.2) is 29.7 Å². The minimum Gasteiger partial charge on any atom is -0.399 e. The van der Waals surface area contributed by atoms with Crippen LogP contribution < -0.4 is 5.73 Å². The predicted octanol–water partition coefficient (Wildman–Crippen LogP) is 1.64. The number of nitrogens with zero attached hydrogens (tertiary/aromatic N) is 1. The zero-order chi connectivity index (χ0) is 13.8. The van der Waals surface area contributed by atoms with Crippen LogP contribution in [0.4, 0.5) is 5.69 Å². The summed E-state index contributed by atoms with van der Waals surface area (Å²) < 4.78 is 0. The van der Waals surface area contributed by atoms with E-state index in [0.717, 1.165) is 18.4 Å². The predicted molar refractivity (Wildman–Crippen MR) is 74.5 cm³/mol. The zero-order valence-corrected chi connectivity index (χ0v) is 11.3. The topological polar surface area (TPSA) is 63.4 Å². The monoisotopic (exact) mass is 260 g/mol. The SMILES string of the molecule is CC(=O)C1CCN(C(=O)Cc2ccc(N)cc2)CC1. The maximum absolute atomic E-state index is 12.1. The van der Waals surface area contributed by atoms with Gasteiger partial charge in [-0.1, -0.05) is 12.1 Å². The highest BCUT2D eigenvalue weighted by Crippen LogP contribution is 2.19. The van der Waals surface area contributed by atoms with Gasteiger partial charge in [0.15, 0.2) is 0 Å². The number of carbonyl (C=O) groups is 2. The van der Waals surface area contributed by atoms with Gasteiger partial charge in [-0.2, -0.15) is 0 Å². The van der Waals surface area contributed by atoms with Crippen molar-refractivity contribution in [2.45, 2.75) is 26.2 Å². The number of ketones is 1. The Hall–Kier alpha value is -1.84. The molecule has 0 aromatic heterocycles. The van der Waals surface area contributed by atoms with E-state index < -0.39 is 0 Å². The van der Waals surface area contributed by atoms with Gasteiger partial charge in [0, 0.05) is 24.7 Å². The molecule has 0 saturated carbocycles. The van der Waals surface area contributed by atoms with E-state index >= 15 is 0 Å². The molecule has 1 aliphatic heterocycles. The number of benzene rings is 1. The molecule has 102 valence electrons. The smallest absolute Gasteiger partial charge is 0.226 e. The van der Waals surface area contributed by atoms with Crippen molar-refractivity contribution >= 4 is 17.4 Å². The number of nitrogens with two attached hydrogens (primary N) is 1. The Kier molecular flexibility index (Phi) is 4.20. The second-order valence-corrected chi connectivity index (χ2v) is 5.18. The molecule has 0 radical (unpaired) electrons. The molecule has 1 amide bonds. The Bertz CT molecular complexity index is 460. The number of nitrogen functional groups attached to an aromatic ring is 1. The lowest BCUT2D eigenvalue weighted by Gasteiger charge is -2.31. The van der Waals surface area contributed by atoms with Crippen LogP contribution in [0.25, 0.3) is 0 Å². The molecular weight excluding hydrogens is 240 g/mol. The summed E-state index contributed by atoms with van der Waals surface area (Å²) in [5, 5.41) is 0. The third-order valence-corrected chi connectivity index (χ3v) is 3.76. The van der Waals surface area contributed by atoms with E-state index in [9.17, 15) is 9.59 Å². The normalized spacial score (nSPS) is 16.4. The summed E-state index contributed by atoms with van der Waals surface area (Å²) in [6.07, 6.45) is 2.00. The first-order chi connectivity index (χ1) is 9.06. The molecule has 19 heavy (non-hydrogen) atoms. The Balaban J connectivity index is 1.88. The lowest BCUT2D eigenvalue weighted by atomic mass is 9.93. The number of carbonyl (C=O) groups excluding carboxylic acids is 2. The first-order valence-electron chi connectivity index (χ1n) is 6.69. The van der Waals surface area contributed by atoms with Crippen molar-refractivity contribution in [2.24, 2.45) is 5.92 Å². The van der Waals surface area contributed by atoms with Crippen LogP contribution in [-0.2, 0) is 16.0 Å². The minimum absolute atomic E-state index is 0.131. The summed E-state index contributed by atoms with van der Waals surface area (Å²) in [7, 11) is 0. The van der Waals surface area contributed by atoms with E-state index in [1.54, 1.807) is 6.92 Å². The van der Waals surface area contributed by atoms with Gasteiger partial charge in [0.05, 0.1) is 6.42 Å².